The number of halogens is 2. The number of nitrogens with zero attached hydrogens (tertiary/aromatic N) is 1. The highest BCUT2D eigenvalue weighted by Crippen LogP contribution is 2.24. The number of benzene rings is 2. The predicted molar refractivity (Wildman–Crippen MR) is 102 cm³/mol. The molecule has 0 atom stereocenters. The minimum Gasteiger partial charge on any atom is -0.373 e. The summed E-state index contributed by atoms with van der Waals surface area (Å²) in [5.41, 5.74) is 0.150. The average molecular weight is 405 g/mol. The molecule has 154 valence electrons. The molecule has 3 rings (SSSR count). The second-order valence-electron chi connectivity index (χ2n) is 6.89. The number of rotatable bonds is 6. The van der Waals surface area contributed by atoms with Crippen LogP contribution in [0.15, 0.2) is 42.5 Å². The second-order valence-corrected chi connectivity index (χ2v) is 6.89. The van der Waals surface area contributed by atoms with Crippen LogP contribution in [0.5, 0.6) is 0 Å². The van der Waals surface area contributed by atoms with Crippen molar-refractivity contribution < 1.29 is 23.2 Å². The molecule has 2 amide bonds. The Labute approximate surface area is 166 Å². The van der Waals surface area contributed by atoms with Gasteiger partial charge in [-0.05, 0) is 43.9 Å². The van der Waals surface area contributed by atoms with Crippen molar-refractivity contribution in [3.8, 4) is 0 Å². The summed E-state index contributed by atoms with van der Waals surface area (Å²) in [6.07, 6.45) is 2.49. The SMILES string of the molecule is O=C(Nc1cccc([N+](=O)[O-])c1)N[C@H]1CC[C@H](OCc2c(F)cccc2F)CC1. The maximum atomic E-state index is 13.6. The molecule has 1 aliphatic carbocycles. The van der Waals surface area contributed by atoms with E-state index in [4.69, 9.17) is 4.74 Å². The number of urea groups is 1. The number of hydrogen-bond donors (Lipinski definition) is 2. The van der Waals surface area contributed by atoms with Crippen molar-refractivity contribution in [1.29, 1.82) is 0 Å². The molecule has 0 aromatic heterocycles. The Morgan fingerprint density at radius 2 is 1.76 bits per heavy atom. The van der Waals surface area contributed by atoms with E-state index in [1.807, 2.05) is 0 Å². The van der Waals surface area contributed by atoms with Gasteiger partial charge in [0.25, 0.3) is 5.69 Å². The summed E-state index contributed by atoms with van der Waals surface area (Å²) in [4.78, 5) is 22.4. The molecule has 1 saturated carbocycles. The third kappa shape index (κ3) is 5.71. The summed E-state index contributed by atoms with van der Waals surface area (Å²) in [5.74, 6) is -1.25. The van der Waals surface area contributed by atoms with E-state index in [0.29, 0.717) is 31.4 Å². The van der Waals surface area contributed by atoms with E-state index >= 15 is 0 Å². The molecular weight excluding hydrogens is 384 g/mol. The van der Waals surface area contributed by atoms with Crippen LogP contribution in [-0.2, 0) is 11.3 Å². The van der Waals surface area contributed by atoms with Gasteiger partial charge in [-0.15, -0.1) is 0 Å². The summed E-state index contributed by atoms with van der Waals surface area (Å²) in [6, 6.07) is 8.88. The van der Waals surface area contributed by atoms with Crippen LogP contribution in [0.1, 0.15) is 31.2 Å². The molecule has 9 heteroatoms. The lowest BCUT2D eigenvalue weighted by Crippen LogP contribution is -2.41. The van der Waals surface area contributed by atoms with Gasteiger partial charge in [0.1, 0.15) is 11.6 Å². The number of anilines is 1. The van der Waals surface area contributed by atoms with Crippen LogP contribution in [0.3, 0.4) is 0 Å². The Hall–Kier alpha value is -3.07. The number of non-ortho nitro benzene ring substituents is 1. The van der Waals surface area contributed by atoms with E-state index in [2.05, 4.69) is 10.6 Å². The topological polar surface area (TPSA) is 93.5 Å². The van der Waals surface area contributed by atoms with Crippen LogP contribution in [-0.4, -0.2) is 23.1 Å². The average Bonchev–Trinajstić information content (AvgIpc) is 2.69. The van der Waals surface area contributed by atoms with E-state index in [1.165, 1.54) is 36.4 Å². The molecule has 1 fully saturated rings. The second kappa shape index (κ2) is 9.42. The molecule has 0 saturated heterocycles. The number of carbonyl (C=O) groups is 1. The van der Waals surface area contributed by atoms with Crippen LogP contribution < -0.4 is 10.6 Å². The molecule has 2 aromatic carbocycles. The summed E-state index contributed by atoms with van der Waals surface area (Å²) < 4.78 is 32.9. The van der Waals surface area contributed by atoms with Crippen molar-refractivity contribution in [1.82, 2.24) is 5.32 Å². The summed E-state index contributed by atoms with van der Waals surface area (Å²) >= 11 is 0. The first-order chi connectivity index (χ1) is 13.9. The molecule has 0 spiro atoms. The number of nitro groups is 1. The van der Waals surface area contributed by atoms with E-state index in [0.717, 1.165) is 0 Å². The van der Waals surface area contributed by atoms with Gasteiger partial charge in [0.2, 0.25) is 0 Å². The van der Waals surface area contributed by atoms with Crippen molar-refractivity contribution in [2.45, 2.75) is 44.4 Å². The van der Waals surface area contributed by atoms with Crippen LogP contribution in [0, 0.1) is 21.7 Å². The molecule has 0 radical (unpaired) electrons. The number of nitro benzene ring substituents is 1. The lowest BCUT2D eigenvalue weighted by atomic mass is 9.93. The minimum absolute atomic E-state index is 0.0706. The van der Waals surface area contributed by atoms with Gasteiger partial charge in [0, 0.05) is 29.4 Å². The number of hydrogen-bond acceptors (Lipinski definition) is 4. The van der Waals surface area contributed by atoms with Gasteiger partial charge in [-0.3, -0.25) is 10.1 Å². The number of amides is 2. The fraction of sp³-hybridized carbons (Fsp3) is 0.350. The van der Waals surface area contributed by atoms with Crippen molar-refractivity contribution >= 4 is 17.4 Å². The third-order valence-corrected chi connectivity index (χ3v) is 4.85. The Balaban J connectivity index is 1.43. The highest BCUT2D eigenvalue weighted by atomic mass is 19.1. The normalized spacial score (nSPS) is 18.8. The molecule has 0 unspecified atom stereocenters. The molecular formula is C20H21F2N3O4. The molecule has 0 bridgehead atoms. The quantitative estimate of drug-likeness (QED) is 0.546. The highest BCUT2D eigenvalue weighted by molar-refractivity contribution is 5.89. The standard InChI is InChI=1S/C20H21F2N3O4/c21-18-5-2-6-19(22)17(18)12-29-16-9-7-13(8-10-16)23-20(26)24-14-3-1-4-15(11-14)25(27)28/h1-6,11,13,16H,7-10,12H2,(H2,23,24,26)/t13-,16-. The maximum absolute atomic E-state index is 13.6. The van der Waals surface area contributed by atoms with Crippen molar-refractivity contribution in [3.05, 3.63) is 69.8 Å². The van der Waals surface area contributed by atoms with E-state index < -0.39 is 22.6 Å². The largest absolute Gasteiger partial charge is 0.373 e. The molecule has 29 heavy (non-hydrogen) atoms. The lowest BCUT2D eigenvalue weighted by Gasteiger charge is -2.29. The zero-order valence-electron chi connectivity index (χ0n) is 15.6. The third-order valence-electron chi connectivity index (χ3n) is 4.85. The van der Waals surface area contributed by atoms with Crippen LogP contribution >= 0.6 is 0 Å². The monoisotopic (exact) mass is 405 g/mol. The van der Waals surface area contributed by atoms with E-state index in [1.54, 1.807) is 6.07 Å². The molecule has 7 nitrogen and oxygen atoms in total. The summed E-state index contributed by atoms with van der Waals surface area (Å²) in [5, 5.41) is 16.2. The Morgan fingerprint density at radius 3 is 2.41 bits per heavy atom. The Kier molecular flexibility index (Phi) is 6.71. The molecule has 0 heterocycles. The van der Waals surface area contributed by atoms with Gasteiger partial charge in [0.15, 0.2) is 0 Å². The Bertz CT molecular complexity index is 866. The summed E-state index contributed by atoms with van der Waals surface area (Å²) in [6.45, 7) is -0.130. The van der Waals surface area contributed by atoms with Gasteiger partial charge in [-0.25, -0.2) is 13.6 Å². The zero-order chi connectivity index (χ0) is 20.8. The van der Waals surface area contributed by atoms with Crippen molar-refractivity contribution in [2.24, 2.45) is 0 Å². The molecule has 0 aliphatic heterocycles. The van der Waals surface area contributed by atoms with Gasteiger partial charge in [-0.1, -0.05) is 12.1 Å². The highest BCUT2D eigenvalue weighted by Gasteiger charge is 2.24. The van der Waals surface area contributed by atoms with Gasteiger partial charge in [-0.2, -0.15) is 0 Å². The fourth-order valence-electron chi connectivity index (χ4n) is 3.30. The van der Waals surface area contributed by atoms with Crippen LogP contribution in [0.2, 0.25) is 0 Å². The predicted octanol–water partition coefficient (Wildman–Crippen LogP) is 4.52. The van der Waals surface area contributed by atoms with Gasteiger partial charge in [0.05, 0.1) is 17.6 Å². The first-order valence-electron chi connectivity index (χ1n) is 9.29. The number of ether oxygens (including phenoxy) is 1. The summed E-state index contributed by atoms with van der Waals surface area (Å²) in [7, 11) is 0. The minimum atomic E-state index is -0.627. The van der Waals surface area contributed by atoms with E-state index in [9.17, 15) is 23.7 Å². The molecule has 2 N–H and O–H groups in total. The van der Waals surface area contributed by atoms with E-state index in [-0.39, 0.29) is 30.0 Å². The first kappa shape index (κ1) is 20.7. The van der Waals surface area contributed by atoms with Gasteiger partial charge >= 0.3 is 6.03 Å². The molecule has 2 aromatic rings. The van der Waals surface area contributed by atoms with Crippen molar-refractivity contribution in [2.75, 3.05) is 5.32 Å². The van der Waals surface area contributed by atoms with Crippen LogP contribution in [0.25, 0.3) is 0 Å². The van der Waals surface area contributed by atoms with Gasteiger partial charge < -0.3 is 15.4 Å². The maximum Gasteiger partial charge on any atom is 0.319 e. The van der Waals surface area contributed by atoms with Crippen molar-refractivity contribution in [3.63, 3.8) is 0 Å². The number of carbonyl (C=O) groups excluding carboxylic acids is 1. The first-order valence-corrected chi connectivity index (χ1v) is 9.29. The smallest absolute Gasteiger partial charge is 0.319 e. The molecule has 1 aliphatic rings. The zero-order valence-corrected chi connectivity index (χ0v) is 15.6. The van der Waals surface area contributed by atoms with Crippen LogP contribution in [0.4, 0.5) is 25.0 Å². The fourth-order valence-corrected chi connectivity index (χ4v) is 3.30. The lowest BCUT2D eigenvalue weighted by molar-refractivity contribution is -0.384. The number of nitrogens with one attached hydrogen (secondary N) is 2. The Morgan fingerprint density at radius 1 is 1.10 bits per heavy atom.